The van der Waals surface area contributed by atoms with Crippen molar-refractivity contribution in [1.29, 1.82) is 0 Å². The maximum atomic E-state index is 13.6. The number of hydrogen-bond donors (Lipinski definition) is 1. The van der Waals surface area contributed by atoms with E-state index in [1.807, 2.05) is 31.7 Å². The van der Waals surface area contributed by atoms with Gasteiger partial charge < -0.3 is 9.88 Å². The molecule has 0 spiro atoms. The molecule has 0 aliphatic carbocycles. The first-order chi connectivity index (χ1) is 9.49. The molecule has 0 bridgehead atoms. The lowest BCUT2D eigenvalue weighted by molar-refractivity contribution is 0.439. The highest BCUT2D eigenvalue weighted by Crippen LogP contribution is 2.16. The third-order valence-electron chi connectivity index (χ3n) is 3.35. The SMILES string of the molecule is CC(Cc1c(F)cccc1F)NC(C)c1nccn1C. The molecule has 1 aromatic carbocycles. The van der Waals surface area contributed by atoms with Crippen LogP contribution in [0.3, 0.4) is 0 Å². The fourth-order valence-electron chi connectivity index (χ4n) is 2.39. The van der Waals surface area contributed by atoms with Crippen LogP contribution < -0.4 is 5.32 Å². The zero-order chi connectivity index (χ0) is 14.7. The molecule has 2 aromatic rings. The second-order valence-electron chi connectivity index (χ2n) is 5.09. The number of hydrogen-bond acceptors (Lipinski definition) is 2. The molecule has 5 heteroatoms. The number of aryl methyl sites for hydroxylation is 1. The maximum absolute atomic E-state index is 13.6. The van der Waals surface area contributed by atoms with Crippen LogP contribution in [0.15, 0.2) is 30.6 Å². The zero-order valence-corrected chi connectivity index (χ0v) is 11.9. The monoisotopic (exact) mass is 279 g/mol. The number of halogens is 2. The number of benzene rings is 1. The fourth-order valence-corrected chi connectivity index (χ4v) is 2.39. The molecule has 0 amide bonds. The van der Waals surface area contributed by atoms with Crippen LogP contribution in [0.1, 0.15) is 31.3 Å². The Morgan fingerprint density at radius 3 is 2.45 bits per heavy atom. The van der Waals surface area contributed by atoms with Crippen molar-refractivity contribution in [3.05, 3.63) is 53.6 Å². The van der Waals surface area contributed by atoms with Gasteiger partial charge in [-0.1, -0.05) is 6.07 Å². The van der Waals surface area contributed by atoms with Gasteiger partial charge in [-0.3, -0.25) is 0 Å². The topological polar surface area (TPSA) is 29.9 Å². The van der Waals surface area contributed by atoms with Crippen molar-refractivity contribution in [2.75, 3.05) is 0 Å². The minimum atomic E-state index is -0.497. The Morgan fingerprint density at radius 1 is 1.25 bits per heavy atom. The van der Waals surface area contributed by atoms with Crippen LogP contribution in [-0.4, -0.2) is 15.6 Å². The number of rotatable bonds is 5. The molecule has 20 heavy (non-hydrogen) atoms. The van der Waals surface area contributed by atoms with E-state index in [9.17, 15) is 8.78 Å². The van der Waals surface area contributed by atoms with Gasteiger partial charge in [0.25, 0.3) is 0 Å². The van der Waals surface area contributed by atoms with Gasteiger partial charge in [0.05, 0.1) is 6.04 Å². The summed E-state index contributed by atoms with van der Waals surface area (Å²) in [5.41, 5.74) is 0.125. The van der Waals surface area contributed by atoms with Crippen molar-refractivity contribution in [3.63, 3.8) is 0 Å². The van der Waals surface area contributed by atoms with Gasteiger partial charge in [-0.15, -0.1) is 0 Å². The molecule has 2 atom stereocenters. The van der Waals surface area contributed by atoms with Crippen molar-refractivity contribution in [1.82, 2.24) is 14.9 Å². The summed E-state index contributed by atoms with van der Waals surface area (Å²) >= 11 is 0. The Labute approximate surface area is 117 Å². The van der Waals surface area contributed by atoms with E-state index < -0.39 is 11.6 Å². The van der Waals surface area contributed by atoms with Gasteiger partial charge in [0, 0.05) is 31.0 Å². The van der Waals surface area contributed by atoms with Crippen LogP contribution in [0.25, 0.3) is 0 Å². The summed E-state index contributed by atoms with van der Waals surface area (Å²) in [5.74, 6) is -0.0996. The van der Waals surface area contributed by atoms with Gasteiger partial charge in [0.1, 0.15) is 17.5 Å². The highest BCUT2D eigenvalue weighted by Gasteiger charge is 2.16. The Hall–Kier alpha value is -1.75. The third-order valence-corrected chi connectivity index (χ3v) is 3.35. The Bertz CT molecular complexity index is 560. The summed E-state index contributed by atoms with van der Waals surface area (Å²) in [6.45, 7) is 3.89. The average Bonchev–Trinajstić information content (AvgIpc) is 2.80. The van der Waals surface area contributed by atoms with E-state index in [-0.39, 0.29) is 17.6 Å². The molecule has 3 nitrogen and oxygen atoms in total. The quantitative estimate of drug-likeness (QED) is 0.912. The second kappa shape index (κ2) is 6.13. The van der Waals surface area contributed by atoms with E-state index >= 15 is 0 Å². The van der Waals surface area contributed by atoms with Crippen molar-refractivity contribution in [2.24, 2.45) is 7.05 Å². The van der Waals surface area contributed by atoms with E-state index in [4.69, 9.17) is 0 Å². The van der Waals surface area contributed by atoms with Crippen LogP contribution >= 0.6 is 0 Å². The number of nitrogens with one attached hydrogen (secondary N) is 1. The van der Waals surface area contributed by atoms with Crippen LogP contribution in [0.4, 0.5) is 8.78 Å². The lowest BCUT2D eigenvalue weighted by Gasteiger charge is -2.20. The molecule has 0 radical (unpaired) electrons. The molecule has 2 rings (SSSR count). The number of imidazole rings is 1. The molecule has 2 unspecified atom stereocenters. The summed E-state index contributed by atoms with van der Waals surface area (Å²) in [4.78, 5) is 4.26. The molecule has 0 saturated heterocycles. The first-order valence-corrected chi connectivity index (χ1v) is 6.65. The summed E-state index contributed by atoms with van der Waals surface area (Å²) < 4.78 is 29.1. The molecule has 1 aromatic heterocycles. The van der Waals surface area contributed by atoms with Crippen LogP contribution in [-0.2, 0) is 13.5 Å². The molecular weight excluding hydrogens is 260 g/mol. The van der Waals surface area contributed by atoms with Gasteiger partial charge in [0.15, 0.2) is 0 Å². The zero-order valence-electron chi connectivity index (χ0n) is 11.9. The molecule has 0 aliphatic rings. The van der Waals surface area contributed by atoms with Crippen molar-refractivity contribution in [3.8, 4) is 0 Å². The van der Waals surface area contributed by atoms with Crippen molar-refractivity contribution in [2.45, 2.75) is 32.4 Å². The predicted octanol–water partition coefficient (Wildman–Crippen LogP) is 2.98. The minimum absolute atomic E-state index is 0.0137. The van der Waals surface area contributed by atoms with Crippen LogP contribution in [0.5, 0.6) is 0 Å². The Kier molecular flexibility index (Phi) is 4.49. The Balaban J connectivity index is 2.02. The van der Waals surface area contributed by atoms with E-state index in [0.717, 1.165) is 5.82 Å². The van der Waals surface area contributed by atoms with E-state index in [1.54, 1.807) is 6.20 Å². The number of nitrogens with zero attached hydrogens (tertiary/aromatic N) is 2. The van der Waals surface area contributed by atoms with E-state index in [0.29, 0.717) is 6.42 Å². The first kappa shape index (κ1) is 14.7. The third kappa shape index (κ3) is 3.22. The molecule has 0 fully saturated rings. The lowest BCUT2D eigenvalue weighted by atomic mass is 10.1. The maximum Gasteiger partial charge on any atom is 0.129 e. The summed E-state index contributed by atoms with van der Waals surface area (Å²) in [5, 5.41) is 3.31. The van der Waals surface area contributed by atoms with Crippen LogP contribution in [0, 0.1) is 11.6 Å². The molecule has 108 valence electrons. The van der Waals surface area contributed by atoms with Crippen molar-refractivity contribution < 1.29 is 8.78 Å². The second-order valence-corrected chi connectivity index (χ2v) is 5.09. The lowest BCUT2D eigenvalue weighted by Crippen LogP contribution is -2.32. The average molecular weight is 279 g/mol. The summed E-state index contributed by atoms with van der Waals surface area (Å²) in [7, 11) is 1.92. The highest BCUT2D eigenvalue weighted by atomic mass is 19.1. The normalized spacial score (nSPS) is 14.2. The summed E-state index contributed by atoms with van der Waals surface area (Å²) in [6.07, 6.45) is 3.90. The van der Waals surface area contributed by atoms with Crippen molar-refractivity contribution >= 4 is 0 Å². The summed E-state index contributed by atoms with van der Waals surface area (Å²) in [6, 6.07) is 3.90. The smallest absolute Gasteiger partial charge is 0.129 e. The first-order valence-electron chi connectivity index (χ1n) is 6.65. The van der Waals surface area contributed by atoms with Crippen LogP contribution in [0.2, 0.25) is 0 Å². The van der Waals surface area contributed by atoms with E-state index in [1.165, 1.54) is 18.2 Å². The molecular formula is C15H19F2N3. The predicted molar refractivity (Wildman–Crippen MR) is 74.3 cm³/mol. The fraction of sp³-hybridized carbons (Fsp3) is 0.400. The molecule has 1 N–H and O–H groups in total. The molecule has 0 aliphatic heterocycles. The Morgan fingerprint density at radius 2 is 1.90 bits per heavy atom. The van der Waals surface area contributed by atoms with Gasteiger partial charge in [-0.05, 0) is 32.4 Å². The highest BCUT2D eigenvalue weighted by molar-refractivity contribution is 5.20. The van der Waals surface area contributed by atoms with Gasteiger partial charge in [-0.25, -0.2) is 13.8 Å². The standard InChI is InChI=1S/C15H19F2N3/c1-10(9-12-13(16)5-4-6-14(12)17)19-11(2)15-18-7-8-20(15)3/h4-8,10-11,19H,9H2,1-3H3. The number of aromatic nitrogens is 2. The molecule has 1 heterocycles. The van der Waals surface area contributed by atoms with E-state index in [2.05, 4.69) is 10.3 Å². The largest absolute Gasteiger partial charge is 0.337 e. The van der Waals surface area contributed by atoms with Gasteiger partial charge >= 0.3 is 0 Å². The molecule has 0 saturated carbocycles. The van der Waals surface area contributed by atoms with Gasteiger partial charge in [-0.2, -0.15) is 0 Å². The minimum Gasteiger partial charge on any atom is -0.337 e. The van der Waals surface area contributed by atoms with Gasteiger partial charge in [0.2, 0.25) is 0 Å².